The lowest BCUT2D eigenvalue weighted by Crippen LogP contribution is -2.03. The van der Waals surface area contributed by atoms with Gasteiger partial charge in [0.1, 0.15) is 11.5 Å². The number of nitrogens with one attached hydrogen (secondary N) is 1. The standard InChI is InChI=1S/C26H20FN3O3/c1-2-11-33-25-23(15-7-9-19(27)10-8-15)20-12-18-14-28-30-21(18)13-22(20)29-24(25)16-3-5-17(6-4-16)26(31)32/h3-10,12-14H,2,11H2,1H3,(H,28,30)(H,31,32). The van der Waals surface area contributed by atoms with Crippen LogP contribution >= 0.6 is 0 Å². The van der Waals surface area contributed by atoms with Crippen LogP contribution in [0.5, 0.6) is 5.75 Å². The van der Waals surface area contributed by atoms with Crippen LogP contribution in [0.3, 0.4) is 0 Å². The number of pyridine rings is 1. The van der Waals surface area contributed by atoms with Crippen LogP contribution in [0.15, 0.2) is 66.9 Å². The van der Waals surface area contributed by atoms with Crippen LogP contribution in [0.2, 0.25) is 0 Å². The summed E-state index contributed by atoms with van der Waals surface area (Å²) < 4.78 is 20.0. The van der Waals surface area contributed by atoms with Crippen LogP contribution in [-0.2, 0) is 0 Å². The molecule has 7 heteroatoms. The first kappa shape index (κ1) is 20.6. The molecule has 0 aliphatic carbocycles. The number of aromatic carboxylic acids is 1. The van der Waals surface area contributed by atoms with Gasteiger partial charge in [-0.1, -0.05) is 31.2 Å². The van der Waals surface area contributed by atoms with Crippen LogP contribution in [0.4, 0.5) is 4.39 Å². The molecule has 2 heterocycles. The predicted molar refractivity (Wildman–Crippen MR) is 125 cm³/mol. The molecule has 0 amide bonds. The minimum absolute atomic E-state index is 0.188. The van der Waals surface area contributed by atoms with E-state index in [2.05, 4.69) is 10.2 Å². The highest BCUT2D eigenvalue weighted by Crippen LogP contribution is 2.43. The van der Waals surface area contributed by atoms with E-state index in [1.807, 2.05) is 19.1 Å². The Bertz CT molecular complexity index is 1480. The van der Waals surface area contributed by atoms with Gasteiger partial charge in [0.15, 0.2) is 5.75 Å². The number of aromatic amines is 1. The van der Waals surface area contributed by atoms with E-state index in [0.29, 0.717) is 23.6 Å². The average molecular weight is 441 g/mol. The molecule has 0 saturated heterocycles. The summed E-state index contributed by atoms with van der Waals surface area (Å²) in [6.45, 7) is 2.48. The number of ether oxygens (including phenoxy) is 1. The Morgan fingerprint density at radius 2 is 1.79 bits per heavy atom. The second-order valence-electron chi connectivity index (χ2n) is 7.73. The van der Waals surface area contributed by atoms with Crippen molar-refractivity contribution in [1.29, 1.82) is 0 Å². The molecule has 0 radical (unpaired) electrons. The second-order valence-corrected chi connectivity index (χ2v) is 7.73. The Labute approximate surface area is 188 Å². The molecule has 5 aromatic rings. The van der Waals surface area contributed by atoms with Crippen molar-refractivity contribution in [3.05, 3.63) is 78.2 Å². The number of carboxylic acids is 1. The van der Waals surface area contributed by atoms with Crippen molar-refractivity contribution in [2.75, 3.05) is 6.61 Å². The Morgan fingerprint density at radius 1 is 1.06 bits per heavy atom. The van der Waals surface area contributed by atoms with E-state index in [-0.39, 0.29) is 11.4 Å². The third-order valence-corrected chi connectivity index (χ3v) is 5.49. The number of carbonyl (C=O) groups is 1. The molecule has 6 nitrogen and oxygen atoms in total. The molecule has 33 heavy (non-hydrogen) atoms. The van der Waals surface area contributed by atoms with Gasteiger partial charge in [-0.05, 0) is 48.4 Å². The first-order valence-corrected chi connectivity index (χ1v) is 10.6. The molecule has 0 atom stereocenters. The molecular weight excluding hydrogens is 421 g/mol. The average Bonchev–Trinajstić information content (AvgIpc) is 3.28. The lowest BCUT2D eigenvalue weighted by Gasteiger charge is -2.18. The number of carboxylic acid groups (broad SMARTS) is 1. The van der Waals surface area contributed by atoms with E-state index in [0.717, 1.165) is 39.4 Å². The Balaban J connectivity index is 1.85. The van der Waals surface area contributed by atoms with Crippen molar-refractivity contribution in [2.45, 2.75) is 13.3 Å². The first-order chi connectivity index (χ1) is 16.0. The van der Waals surface area contributed by atoms with Gasteiger partial charge in [-0.3, -0.25) is 5.10 Å². The fourth-order valence-corrected chi connectivity index (χ4v) is 3.90. The summed E-state index contributed by atoms with van der Waals surface area (Å²) in [6.07, 6.45) is 2.54. The van der Waals surface area contributed by atoms with Crippen LogP contribution in [0, 0.1) is 5.82 Å². The zero-order valence-electron chi connectivity index (χ0n) is 17.8. The summed E-state index contributed by atoms with van der Waals surface area (Å²) in [5.41, 5.74) is 4.65. The van der Waals surface area contributed by atoms with Crippen LogP contribution in [0.25, 0.3) is 44.2 Å². The van der Waals surface area contributed by atoms with Gasteiger partial charge in [-0.25, -0.2) is 14.2 Å². The van der Waals surface area contributed by atoms with Crippen molar-refractivity contribution in [1.82, 2.24) is 15.2 Å². The minimum atomic E-state index is -0.996. The van der Waals surface area contributed by atoms with Gasteiger partial charge in [0.05, 0.1) is 29.4 Å². The quantitative estimate of drug-likeness (QED) is 0.334. The fourth-order valence-electron chi connectivity index (χ4n) is 3.90. The van der Waals surface area contributed by atoms with Gasteiger partial charge in [0.25, 0.3) is 0 Å². The number of aromatic nitrogens is 3. The van der Waals surface area contributed by atoms with Crippen LogP contribution < -0.4 is 4.74 Å². The van der Waals surface area contributed by atoms with Gasteiger partial charge in [0, 0.05) is 21.9 Å². The minimum Gasteiger partial charge on any atom is -0.491 e. The number of H-pyrrole nitrogens is 1. The molecular formula is C26H20FN3O3. The van der Waals surface area contributed by atoms with Gasteiger partial charge in [-0.2, -0.15) is 5.10 Å². The first-order valence-electron chi connectivity index (χ1n) is 10.6. The van der Waals surface area contributed by atoms with Crippen molar-refractivity contribution >= 4 is 27.8 Å². The van der Waals surface area contributed by atoms with Crippen molar-refractivity contribution < 1.29 is 19.0 Å². The summed E-state index contributed by atoms with van der Waals surface area (Å²) in [4.78, 5) is 16.2. The molecule has 0 saturated carbocycles. The highest BCUT2D eigenvalue weighted by molar-refractivity contribution is 6.06. The van der Waals surface area contributed by atoms with Gasteiger partial charge in [-0.15, -0.1) is 0 Å². The number of hydrogen-bond acceptors (Lipinski definition) is 4. The second kappa shape index (κ2) is 8.35. The zero-order valence-corrected chi connectivity index (χ0v) is 17.8. The molecule has 0 spiro atoms. The number of fused-ring (bicyclic) bond motifs is 2. The topological polar surface area (TPSA) is 88.1 Å². The van der Waals surface area contributed by atoms with E-state index in [9.17, 15) is 14.3 Å². The van der Waals surface area contributed by atoms with Crippen LogP contribution in [-0.4, -0.2) is 32.9 Å². The molecule has 164 valence electrons. The Morgan fingerprint density at radius 3 is 2.48 bits per heavy atom. The normalized spacial score (nSPS) is 11.2. The van der Waals surface area contributed by atoms with Gasteiger partial charge >= 0.3 is 5.97 Å². The molecule has 0 aliphatic rings. The number of rotatable bonds is 6. The largest absolute Gasteiger partial charge is 0.491 e. The Kier molecular flexibility index (Phi) is 5.22. The third kappa shape index (κ3) is 3.78. The third-order valence-electron chi connectivity index (χ3n) is 5.49. The fraction of sp³-hybridized carbons (Fsp3) is 0.115. The summed E-state index contributed by atoms with van der Waals surface area (Å²) in [5.74, 6) is -0.749. The van der Waals surface area contributed by atoms with Gasteiger partial charge < -0.3 is 9.84 Å². The number of nitrogens with zero attached hydrogens (tertiary/aromatic N) is 2. The monoisotopic (exact) mass is 441 g/mol. The zero-order chi connectivity index (χ0) is 22.9. The van der Waals surface area contributed by atoms with Crippen molar-refractivity contribution in [2.24, 2.45) is 0 Å². The highest BCUT2D eigenvalue weighted by Gasteiger charge is 2.21. The molecule has 3 aromatic carbocycles. The van der Waals surface area contributed by atoms with E-state index in [1.54, 1.807) is 42.6 Å². The molecule has 0 aliphatic heterocycles. The van der Waals surface area contributed by atoms with E-state index in [1.165, 1.54) is 12.1 Å². The van der Waals surface area contributed by atoms with Crippen LogP contribution in [0.1, 0.15) is 23.7 Å². The molecule has 2 aromatic heterocycles. The summed E-state index contributed by atoms with van der Waals surface area (Å²) in [6, 6.07) is 16.7. The van der Waals surface area contributed by atoms with Crippen molar-refractivity contribution in [3.63, 3.8) is 0 Å². The number of benzene rings is 3. The summed E-state index contributed by atoms with van der Waals surface area (Å²) >= 11 is 0. The number of hydrogen-bond donors (Lipinski definition) is 2. The molecule has 2 N–H and O–H groups in total. The number of halogens is 1. The maximum Gasteiger partial charge on any atom is 0.335 e. The predicted octanol–water partition coefficient (Wildman–Crippen LogP) is 6.07. The van der Waals surface area contributed by atoms with Crippen molar-refractivity contribution in [3.8, 4) is 28.1 Å². The summed E-state index contributed by atoms with van der Waals surface area (Å²) in [7, 11) is 0. The highest BCUT2D eigenvalue weighted by atomic mass is 19.1. The maximum absolute atomic E-state index is 13.7. The Hall–Kier alpha value is -4.26. The molecule has 0 bridgehead atoms. The van der Waals surface area contributed by atoms with Gasteiger partial charge in [0.2, 0.25) is 0 Å². The summed E-state index contributed by atoms with van der Waals surface area (Å²) in [5, 5.41) is 18.1. The van der Waals surface area contributed by atoms with E-state index in [4.69, 9.17) is 9.72 Å². The lowest BCUT2D eigenvalue weighted by molar-refractivity contribution is 0.0697. The smallest absolute Gasteiger partial charge is 0.335 e. The lowest BCUT2D eigenvalue weighted by atomic mass is 9.95. The van der Waals surface area contributed by atoms with E-state index < -0.39 is 5.97 Å². The molecule has 5 rings (SSSR count). The molecule has 0 unspecified atom stereocenters. The maximum atomic E-state index is 13.7. The van der Waals surface area contributed by atoms with E-state index >= 15 is 0 Å². The SMILES string of the molecule is CCCOc1c(-c2ccc(C(=O)O)cc2)nc2cc3[nH]ncc3cc2c1-c1ccc(F)cc1. The molecule has 0 fully saturated rings.